The van der Waals surface area contributed by atoms with Crippen LogP contribution in [0.3, 0.4) is 0 Å². The fourth-order valence-corrected chi connectivity index (χ4v) is 3.68. The van der Waals surface area contributed by atoms with Gasteiger partial charge in [0.25, 0.3) is 11.8 Å². The van der Waals surface area contributed by atoms with Gasteiger partial charge in [0.05, 0.1) is 12.3 Å². The average molecular weight is 495 g/mol. The van der Waals surface area contributed by atoms with E-state index in [0.29, 0.717) is 33.6 Å². The van der Waals surface area contributed by atoms with E-state index in [1.807, 2.05) is 19.1 Å². The number of anilines is 1. The zero-order valence-corrected chi connectivity index (χ0v) is 19.3. The first-order valence-electron chi connectivity index (χ1n) is 10.7. The van der Waals surface area contributed by atoms with Crippen LogP contribution in [0.5, 0.6) is 11.5 Å². The molecule has 4 amide bonds. The molecule has 1 N–H and O–H groups in total. The molecule has 1 aliphatic rings. The molecule has 3 aromatic carbocycles. The molecule has 0 atom stereocenters. The Balaban J connectivity index is 1.62. The van der Waals surface area contributed by atoms with E-state index in [2.05, 4.69) is 5.32 Å². The van der Waals surface area contributed by atoms with Gasteiger partial charge in [-0.25, -0.2) is 14.1 Å². The van der Waals surface area contributed by atoms with Gasteiger partial charge in [0, 0.05) is 5.02 Å². The van der Waals surface area contributed by atoms with Gasteiger partial charge in [0.15, 0.2) is 11.5 Å². The van der Waals surface area contributed by atoms with Crippen LogP contribution in [0.25, 0.3) is 6.08 Å². The topological polar surface area (TPSA) is 84.9 Å². The van der Waals surface area contributed by atoms with Crippen LogP contribution in [-0.4, -0.2) is 24.5 Å². The van der Waals surface area contributed by atoms with Crippen molar-refractivity contribution in [1.82, 2.24) is 5.32 Å². The highest BCUT2D eigenvalue weighted by atomic mass is 35.5. The summed E-state index contributed by atoms with van der Waals surface area (Å²) in [6, 6.07) is 16.4. The number of urea groups is 1. The Labute approximate surface area is 205 Å². The number of imide groups is 2. The minimum absolute atomic E-state index is 0.252. The maximum Gasteiger partial charge on any atom is 0.336 e. The van der Waals surface area contributed by atoms with E-state index in [-0.39, 0.29) is 17.9 Å². The number of halogens is 2. The normalized spacial score (nSPS) is 14.8. The summed E-state index contributed by atoms with van der Waals surface area (Å²) < 4.78 is 25.8. The van der Waals surface area contributed by atoms with Gasteiger partial charge >= 0.3 is 6.03 Å². The summed E-state index contributed by atoms with van der Waals surface area (Å²) in [5, 5.41) is 2.67. The van der Waals surface area contributed by atoms with Crippen molar-refractivity contribution in [2.24, 2.45) is 0 Å². The summed E-state index contributed by atoms with van der Waals surface area (Å²) in [5.41, 5.74) is 0.731. The van der Waals surface area contributed by atoms with E-state index < -0.39 is 23.7 Å². The molecule has 1 aliphatic heterocycles. The summed E-state index contributed by atoms with van der Waals surface area (Å²) >= 11 is 6.02. The Kier molecular flexibility index (Phi) is 7.12. The number of amides is 4. The van der Waals surface area contributed by atoms with Crippen molar-refractivity contribution in [2.75, 3.05) is 11.5 Å². The van der Waals surface area contributed by atoms with Crippen LogP contribution in [-0.2, 0) is 16.2 Å². The Morgan fingerprint density at radius 3 is 2.51 bits per heavy atom. The molecule has 0 aromatic heterocycles. The number of benzene rings is 3. The monoisotopic (exact) mass is 494 g/mol. The van der Waals surface area contributed by atoms with Gasteiger partial charge in [-0.05, 0) is 60.5 Å². The van der Waals surface area contributed by atoms with E-state index >= 15 is 0 Å². The standard InChI is InChI=1S/C26H20ClFN2O5/c1-2-34-23-14-16(10-11-22(23)35-15-17-6-5-7-18(27)12-17)13-19-24(31)29-26(33)30(25(19)32)21-9-4-3-8-20(21)28/h3-14H,2,15H2,1H3,(H,29,31,33)/b19-13-. The van der Waals surface area contributed by atoms with Crippen molar-refractivity contribution in [1.29, 1.82) is 0 Å². The molecule has 4 rings (SSSR count). The van der Waals surface area contributed by atoms with Crippen LogP contribution >= 0.6 is 11.6 Å². The molecule has 1 fully saturated rings. The molecule has 9 heteroatoms. The molecule has 1 saturated heterocycles. The molecule has 0 aliphatic carbocycles. The molecule has 1 heterocycles. The second-order valence-electron chi connectivity index (χ2n) is 7.47. The minimum Gasteiger partial charge on any atom is -0.490 e. The number of barbiturate groups is 1. The highest BCUT2D eigenvalue weighted by molar-refractivity contribution is 6.39. The van der Waals surface area contributed by atoms with Crippen molar-refractivity contribution in [3.05, 3.63) is 94.3 Å². The third kappa shape index (κ3) is 5.33. The fourth-order valence-electron chi connectivity index (χ4n) is 3.47. The number of carbonyl (C=O) groups excluding carboxylic acids is 3. The minimum atomic E-state index is -1.03. The highest BCUT2D eigenvalue weighted by Crippen LogP contribution is 2.31. The summed E-state index contributed by atoms with van der Waals surface area (Å²) in [5.74, 6) is -1.74. The highest BCUT2D eigenvalue weighted by Gasteiger charge is 2.38. The van der Waals surface area contributed by atoms with Crippen LogP contribution in [0, 0.1) is 5.82 Å². The SMILES string of the molecule is CCOc1cc(/C=C2/C(=O)NC(=O)N(c3ccccc3F)C2=O)ccc1OCc1cccc(Cl)c1. The Morgan fingerprint density at radius 1 is 0.971 bits per heavy atom. The van der Waals surface area contributed by atoms with E-state index in [4.69, 9.17) is 21.1 Å². The predicted molar refractivity (Wildman–Crippen MR) is 129 cm³/mol. The zero-order valence-electron chi connectivity index (χ0n) is 18.6. The molecule has 0 bridgehead atoms. The van der Waals surface area contributed by atoms with Crippen LogP contribution in [0.2, 0.25) is 5.02 Å². The maximum atomic E-state index is 14.3. The lowest BCUT2D eigenvalue weighted by molar-refractivity contribution is -0.122. The van der Waals surface area contributed by atoms with Crippen LogP contribution < -0.4 is 19.7 Å². The van der Waals surface area contributed by atoms with E-state index in [1.54, 1.807) is 30.3 Å². The lowest BCUT2D eigenvalue weighted by Gasteiger charge is -2.26. The Morgan fingerprint density at radius 2 is 1.77 bits per heavy atom. The van der Waals surface area contributed by atoms with E-state index in [0.717, 1.165) is 11.6 Å². The maximum absolute atomic E-state index is 14.3. The van der Waals surface area contributed by atoms with Gasteiger partial charge in [-0.15, -0.1) is 0 Å². The second-order valence-corrected chi connectivity index (χ2v) is 7.90. The molecular weight excluding hydrogens is 475 g/mol. The van der Waals surface area contributed by atoms with Crippen molar-refractivity contribution in [2.45, 2.75) is 13.5 Å². The first-order valence-corrected chi connectivity index (χ1v) is 11.0. The van der Waals surface area contributed by atoms with E-state index in [1.165, 1.54) is 24.3 Å². The molecule has 0 spiro atoms. The second kappa shape index (κ2) is 10.4. The van der Waals surface area contributed by atoms with E-state index in [9.17, 15) is 18.8 Å². The molecule has 0 unspecified atom stereocenters. The summed E-state index contributed by atoms with van der Waals surface area (Å²) in [7, 11) is 0. The number of ether oxygens (including phenoxy) is 2. The number of nitrogens with one attached hydrogen (secondary N) is 1. The largest absolute Gasteiger partial charge is 0.490 e. The first-order chi connectivity index (χ1) is 16.9. The number of carbonyl (C=O) groups is 3. The van der Waals surface area contributed by atoms with Crippen molar-refractivity contribution in [3.63, 3.8) is 0 Å². The molecular formula is C26H20ClFN2O5. The fraction of sp³-hybridized carbons (Fsp3) is 0.115. The van der Waals surface area contributed by atoms with Crippen molar-refractivity contribution >= 4 is 41.2 Å². The smallest absolute Gasteiger partial charge is 0.336 e. The number of hydrogen-bond acceptors (Lipinski definition) is 5. The number of nitrogens with zero attached hydrogens (tertiary/aromatic N) is 1. The third-order valence-corrected chi connectivity index (χ3v) is 5.29. The number of para-hydroxylation sites is 1. The Bertz CT molecular complexity index is 1340. The zero-order chi connectivity index (χ0) is 24.9. The average Bonchev–Trinajstić information content (AvgIpc) is 2.82. The summed E-state index contributed by atoms with van der Waals surface area (Å²) in [6.45, 7) is 2.41. The van der Waals surface area contributed by atoms with Gasteiger partial charge in [-0.1, -0.05) is 41.9 Å². The van der Waals surface area contributed by atoms with Gasteiger partial charge in [0.2, 0.25) is 0 Å². The summed E-state index contributed by atoms with van der Waals surface area (Å²) in [6.07, 6.45) is 1.31. The summed E-state index contributed by atoms with van der Waals surface area (Å²) in [4.78, 5) is 38.3. The molecule has 3 aromatic rings. The lowest BCUT2D eigenvalue weighted by Crippen LogP contribution is -2.54. The number of hydrogen-bond donors (Lipinski definition) is 1. The first kappa shape index (κ1) is 24.0. The molecule has 178 valence electrons. The third-order valence-electron chi connectivity index (χ3n) is 5.06. The molecule has 0 saturated carbocycles. The van der Waals surface area contributed by atoms with Gasteiger partial charge < -0.3 is 9.47 Å². The van der Waals surface area contributed by atoms with Gasteiger partial charge in [-0.2, -0.15) is 0 Å². The van der Waals surface area contributed by atoms with Crippen LogP contribution in [0.1, 0.15) is 18.1 Å². The van der Waals surface area contributed by atoms with Crippen LogP contribution in [0.15, 0.2) is 72.3 Å². The number of rotatable bonds is 7. The molecule has 7 nitrogen and oxygen atoms in total. The van der Waals surface area contributed by atoms with Gasteiger partial charge in [-0.3, -0.25) is 14.9 Å². The predicted octanol–water partition coefficient (Wildman–Crippen LogP) is 5.12. The van der Waals surface area contributed by atoms with Gasteiger partial charge in [0.1, 0.15) is 18.0 Å². The van der Waals surface area contributed by atoms with Crippen molar-refractivity contribution in [3.8, 4) is 11.5 Å². The lowest BCUT2D eigenvalue weighted by atomic mass is 10.1. The molecule has 35 heavy (non-hydrogen) atoms. The van der Waals surface area contributed by atoms with Crippen molar-refractivity contribution < 1.29 is 28.2 Å². The Hall–Kier alpha value is -4.17. The van der Waals surface area contributed by atoms with Crippen LogP contribution in [0.4, 0.5) is 14.9 Å². The quantitative estimate of drug-likeness (QED) is 0.364. The molecule has 0 radical (unpaired) electrons.